The molecular weight excluding hydrogens is 248 g/mol. The van der Waals surface area contributed by atoms with Gasteiger partial charge in [-0.25, -0.2) is 4.98 Å². The highest BCUT2D eigenvalue weighted by Crippen LogP contribution is 2.32. The summed E-state index contributed by atoms with van der Waals surface area (Å²) in [6, 6.07) is 7.26. The quantitative estimate of drug-likeness (QED) is 0.883. The molecule has 2 N–H and O–H groups in total. The van der Waals surface area contributed by atoms with Gasteiger partial charge in [0, 0.05) is 4.90 Å². The van der Waals surface area contributed by atoms with Crippen molar-refractivity contribution < 1.29 is 5.11 Å². The van der Waals surface area contributed by atoms with Crippen molar-refractivity contribution in [1.29, 1.82) is 5.26 Å². The van der Waals surface area contributed by atoms with Crippen LogP contribution in [0.15, 0.2) is 28.3 Å². The summed E-state index contributed by atoms with van der Waals surface area (Å²) in [4.78, 5) is 4.99. The molecule has 0 amide bonds. The molecule has 0 unspecified atom stereocenters. The van der Waals surface area contributed by atoms with Gasteiger partial charge in [0.1, 0.15) is 5.82 Å². The molecule has 92 valence electrons. The van der Waals surface area contributed by atoms with Gasteiger partial charge >= 0.3 is 0 Å². The number of rotatable bonds is 3. The molecule has 0 radical (unpaired) electrons. The van der Waals surface area contributed by atoms with Gasteiger partial charge in [-0.1, -0.05) is 6.07 Å². The molecule has 0 fully saturated rings. The van der Waals surface area contributed by atoms with Gasteiger partial charge in [0.2, 0.25) is 5.16 Å². The van der Waals surface area contributed by atoms with Crippen molar-refractivity contribution in [1.82, 2.24) is 15.2 Å². The maximum absolute atomic E-state index is 9.71. The van der Waals surface area contributed by atoms with Gasteiger partial charge in [-0.3, -0.25) is 5.10 Å². The van der Waals surface area contributed by atoms with Crippen molar-refractivity contribution in [3.63, 3.8) is 0 Å². The van der Waals surface area contributed by atoms with Crippen molar-refractivity contribution in [2.45, 2.75) is 30.0 Å². The summed E-state index contributed by atoms with van der Waals surface area (Å²) in [5.41, 5.74) is 1.32. The third-order valence-electron chi connectivity index (χ3n) is 2.37. The van der Waals surface area contributed by atoms with Crippen LogP contribution in [0.1, 0.15) is 30.0 Å². The lowest BCUT2D eigenvalue weighted by atomic mass is 10.1. The molecule has 0 aliphatic heterocycles. The maximum atomic E-state index is 9.71. The fraction of sp³-hybridized carbons (Fsp3) is 0.250. The number of nitriles is 1. The number of hydrogen-bond acceptors (Lipinski definition) is 5. The van der Waals surface area contributed by atoms with Crippen LogP contribution in [0.5, 0.6) is 0 Å². The molecule has 0 aliphatic carbocycles. The second-order valence-corrected chi connectivity index (χ2v) is 4.85. The largest absolute Gasteiger partial charge is 0.389 e. The summed E-state index contributed by atoms with van der Waals surface area (Å²) in [6.45, 7) is 3.51. The Morgan fingerprint density at radius 2 is 2.28 bits per heavy atom. The first-order valence-electron chi connectivity index (χ1n) is 5.39. The number of aromatic nitrogens is 3. The van der Waals surface area contributed by atoms with E-state index in [2.05, 4.69) is 21.3 Å². The summed E-state index contributed by atoms with van der Waals surface area (Å²) in [7, 11) is 0. The third kappa shape index (κ3) is 2.70. The SMILES string of the molecule is Cc1nc(Sc2cc(C#N)ccc2[C@H](C)O)n[nH]1. The van der Waals surface area contributed by atoms with Gasteiger partial charge in [-0.2, -0.15) is 5.26 Å². The van der Waals surface area contributed by atoms with Crippen LogP contribution in [0.25, 0.3) is 0 Å². The van der Waals surface area contributed by atoms with Crippen LogP contribution in [-0.4, -0.2) is 20.3 Å². The van der Waals surface area contributed by atoms with Gasteiger partial charge < -0.3 is 5.11 Å². The van der Waals surface area contributed by atoms with Crippen LogP contribution in [0.4, 0.5) is 0 Å². The Bertz CT molecular complexity index is 600. The van der Waals surface area contributed by atoms with Crippen LogP contribution < -0.4 is 0 Å². The molecule has 0 aliphatic rings. The molecule has 2 rings (SSSR count). The molecule has 0 spiro atoms. The summed E-state index contributed by atoms with van der Waals surface area (Å²) < 4.78 is 0. The van der Waals surface area contributed by atoms with Crippen molar-refractivity contribution in [2.75, 3.05) is 0 Å². The number of aromatic amines is 1. The normalized spacial score (nSPS) is 12.1. The molecule has 6 heteroatoms. The van der Waals surface area contributed by atoms with Crippen LogP contribution in [0.2, 0.25) is 0 Å². The van der Waals surface area contributed by atoms with Gasteiger partial charge in [-0.05, 0) is 43.3 Å². The number of nitrogens with zero attached hydrogens (tertiary/aromatic N) is 3. The minimum absolute atomic E-state index is 0.550. The van der Waals surface area contributed by atoms with E-state index in [1.807, 2.05) is 6.92 Å². The minimum Gasteiger partial charge on any atom is -0.389 e. The first-order valence-corrected chi connectivity index (χ1v) is 6.21. The zero-order valence-corrected chi connectivity index (χ0v) is 10.8. The molecule has 0 saturated carbocycles. The number of aliphatic hydroxyl groups excluding tert-OH is 1. The highest BCUT2D eigenvalue weighted by molar-refractivity contribution is 7.99. The Hall–Kier alpha value is -1.84. The van der Waals surface area contributed by atoms with Crippen molar-refractivity contribution in [2.24, 2.45) is 0 Å². The first-order chi connectivity index (χ1) is 8.60. The number of aliphatic hydroxyl groups is 1. The predicted molar refractivity (Wildman–Crippen MR) is 67.0 cm³/mol. The minimum atomic E-state index is -0.597. The Labute approximate surface area is 109 Å². The fourth-order valence-electron chi connectivity index (χ4n) is 1.50. The molecule has 1 aromatic carbocycles. The number of H-pyrrole nitrogens is 1. The van der Waals surface area contributed by atoms with E-state index in [9.17, 15) is 5.11 Å². The van der Waals surface area contributed by atoms with E-state index < -0.39 is 6.10 Å². The molecule has 18 heavy (non-hydrogen) atoms. The number of benzene rings is 1. The second-order valence-electron chi connectivity index (χ2n) is 3.85. The number of nitrogens with one attached hydrogen (secondary N) is 1. The average molecular weight is 260 g/mol. The highest BCUT2D eigenvalue weighted by Gasteiger charge is 2.12. The lowest BCUT2D eigenvalue weighted by Gasteiger charge is -2.10. The Morgan fingerprint density at radius 3 is 2.83 bits per heavy atom. The van der Waals surface area contributed by atoms with E-state index in [0.29, 0.717) is 10.7 Å². The van der Waals surface area contributed by atoms with Crippen molar-refractivity contribution in [3.8, 4) is 6.07 Å². The van der Waals surface area contributed by atoms with E-state index in [4.69, 9.17) is 5.26 Å². The Balaban J connectivity index is 2.38. The molecule has 1 heterocycles. The van der Waals surface area contributed by atoms with E-state index in [1.165, 1.54) is 11.8 Å². The molecule has 1 aromatic heterocycles. The molecule has 1 atom stereocenters. The zero-order chi connectivity index (χ0) is 13.1. The first kappa shape index (κ1) is 12.6. The number of aryl methyl sites for hydroxylation is 1. The lowest BCUT2D eigenvalue weighted by Crippen LogP contribution is -1.95. The van der Waals surface area contributed by atoms with Gasteiger partial charge in [0.05, 0.1) is 17.7 Å². The smallest absolute Gasteiger partial charge is 0.213 e. The molecule has 2 aromatic rings. The van der Waals surface area contributed by atoms with Crippen molar-refractivity contribution in [3.05, 3.63) is 35.2 Å². The monoisotopic (exact) mass is 260 g/mol. The fourth-order valence-corrected chi connectivity index (χ4v) is 2.52. The Kier molecular flexibility index (Phi) is 3.65. The topological polar surface area (TPSA) is 85.6 Å². The summed E-state index contributed by atoms with van der Waals surface area (Å²) in [5.74, 6) is 0.729. The van der Waals surface area contributed by atoms with E-state index in [1.54, 1.807) is 25.1 Å². The van der Waals surface area contributed by atoms with Gasteiger partial charge in [-0.15, -0.1) is 5.10 Å². The predicted octanol–water partition coefficient (Wildman–Crippen LogP) is 2.19. The van der Waals surface area contributed by atoms with Gasteiger partial charge in [0.25, 0.3) is 0 Å². The summed E-state index contributed by atoms with van der Waals surface area (Å²) >= 11 is 1.33. The molecular formula is C12H12N4OS. The average Bonchev–Trinajstić information content (AvgIpc) is 2.74. The lowest BCUT2D eigenvalue weighted by molar-refractivity contribution is 0.196. The zero-order valence-electron chi connectivity index (χ0n) is 10.0. The van der Waals surface area contributed by atoms with Crippen LogP contribution in [0.3, 0.4) is 0 Å². The van der Waals surface area contributed by atoms with Crippen LogP contribution in [0, 0.1) is 18.3 Å². The van der Waals surface area contributed by atoms with Crippen LogP contribution in [-0.2, 0) is 0 Å². The summed E-state index contributed by atoms with van der Waals surface area (Å²) in [6.07, 6.45) is -0.597. The Morgan fingerprint density at radius 1 is 1.50 bits per heavy atom. The maximum Gasteiger partial charge on any atom is 0.213 e. The van der Waals surface area contributed by atoms with Crippen LogP contribution >= 0.6 is 11.8 Å². The highest BCUT2D eigenvalue weighted by atomic mass is 32.2. The van der Waals surface area contributed by atoms with Gasteiger partial charge in [0.15, 0.2) is 0 Å². The standard InChI is InChI=1S/C12H12N4OS/c1-7(17)10-4-3-9(6-13)5-11(10)18-12-14-8(2)15-16-12/h3-5,7,17H,1-2H3,(H,14,15,16)/t7-/m0/s1. The molecule has 0 bridgehead atoms. The number of hydrogen-bond donors (Lipinski definition) is 2. The third-order valence-corrected chi connectivity index (χ3v) is 3.31. The second kappa shape index (κ2) is 5.21. The summed E-state index contributed by atoms with van der Waals surface area (Å²) in [5, 5.41) is 26.0. The van der Waals surface area contributed by atoms with Crippen molar-refractivity contribution >= 4 is 11.8 Å². The molecule has 0 saturated heterocycles. The molecule has 5 nitrogen and oxygen atoms in total. The van der Waals surface area contributed by atoms with E-state index in [-0.39, 0.29) is 0 Å². The van der Waals surface area contributed by atoms with E-state index in [0.717, 1.165) is 16.3 Å². The van der Waals surface area contributed by atoms with E-state index >= 15 is 0 Å².